The maximum absolute atomic E-state index is 13.9. The molecule has 1 aliphatic carbocycles. The van der Waals surface area contributed by atoms with E-state index in [0.29, 0.717) is 0 Å². The van der Waals surface area contributed by atoms with Crippen LogP contribution >= 0.6 is 15.9 Å². The van der Waals surface area contributed by atoms with Crippen LogP contribution in [0, 0.1) is 0 Å². The number of carbonyl (C=O) groups excluding carboxylic acids is 1. The molecule has 188 valence electrons. The lowest BCUT2D eigenvalue weighted by Gasteiger charge is -2.29. The number of nitrogens with one attached hydrogen (secondary N) is 1. The van der Waals surface area contributed by atoms with Crippen molar-refractivity contribution >= 4 is 32.7 Å². The number of aromatic nitrogens is 4. The van der Waals surface area contributed by atoms with Crippen LogP contribution in [-0.2, 0) is 5.41 Å². The first kappa shape index (κ1) is 25.3. The Bertz CT molecular complexity index is 1370. The summed E-state index contributed by atoms with van der Waals surface area (Å²) >= 11 is 3.24. The van der Waals surface area contributed by atoms with Crippen molar-refractivity contribution in [2.45, 2.75) is 63.1 Å². The number of hydrogen-bond donors (Lipinski definition) is 2. The number of amides is 1. The Labute approximate surface area is 204 Å². The van der Waals surface area contributed by atoms with Crippen LogP contribution < -0.4 is 11.2 Å². The molecule has 1 aliphatic rings. The standard InChI is InChI=1S/C22H21BrF5N5O2/c1-20(2,22(26,27)28)18-15(23)17(33(32-18)10-3-6-21(24,25)7-4-10)12-9-13(34)14-11(31-12)5-8-30-16(14)19(29)35/h5,8-10H,3-4,6-7H2,1-2H3,(H2,29,35)(H,31,34). The Morgan fingerprint density at radius 3 is 2.46 bits per heavy atom. The topological polar surface area (TPSA) is 107 Å². The number of rotatable bonds is 4. The third-order valence-electron chi connectivity index (χ3n) is 6.42. The Balaban J connectivity index is 1.97. The van der Waals surface area contributed by atoms with Crippen molar-refractivity contribution in [1.82, 2.24) is 19.7 Å². The Hall–Kier alpha value is -2.83. The van der Waals surface area contributed by atoms with E-state index in [1.165, 1.54) is 16.9 Å². The Kier molecular flexibility index (Phi) is 6.05. The number of nitrogens with zero attached hydrogens (tertiary/aromatic N) is 3. The average Bonchev–Trinajstić information content (AvgIpc) is 3.10. The van der Waals surface area contributed by atoms with E-state index < -0.39 is 47.7 Å². The molecule has 3 aromatic rings. The molecule has 7 nitrogen and oxygen atoms in total. The van der Waals surface area contributed by atoms with E-state index in [9.17, 15) is 31.5 Å². The second-order valence-electron chi connectivity index (χ2n) is 9.16. The SMILES string of the molecule is CC(C)(c1nn(C2CCC(F)(F)CC2)c(-c2cc(=O)c3c(C(N)=O)nccc3[nH]2)c1Br)C(F)(F)F. The lowest BCUT2D eigenvalue weighted by atomic mass is 9.88. The van der Waals surface area contributed by atoms with E-state index in [2.05, 4.69) is 31.0 Å². The van der Waals surface area contributed by atoms with Gasteiger partial charge in [0.1, 0.15) is 11.1 Å². The summed E-state index contributed by atoms with van der Waals surface area (Å²) in [7, 11) is 0. The maximum atomic E-state index is 13.9. The molecule has 0 unspecified atom stereocenters. The first-order chi connectivity index (χ1) is 16.1. The van der Waals surface area contributed by atoms with Gasteiger partial charge in [-0.1, -0.05) is 0 Å². The van der Waals surface area contributed by atoms with Crippen molar-refractivity contribution in [3.63, 3.8) is 0 Å². The summed E-state index contributed by atoms with van der Waals surface area (Å²) in [6.07, 6.45) is -4.29. The molecule has 0 bridgehead atoms. The van der Waals surface area contributed by atoms with Crippen LogP contribution in [0.3, 0.4) is 0 Å². The molecule has 0 saturated heterocycles. The number of pyridine rings is 2. The van der Waals surface area contributed by atoms with Crippen molar-refractivity contribution < 1.29 is 26.7 Å². The minimum atomic E-state index is -4.66. The van der Waals surface area contributed by atoms with Crippen molar-refractivity contribution in [3.05, 3.63) is 44.4 Å². The lowest BCUT2D eigenvalue weighted by Crippen LogP contribution is -2.37. The molecule has 3 heterocycles. The van der Waals surface area contributed by atoms with Crippen LogP contribution in [0.5, 0.6) is 0 Å². The fraction of sp³-hybridized carbons (Fsp3) is 0.455. The second-order valence-corrected chi connectivity index (χ2v) is 9.95. The molecule has 1 amide bonds. The fourth-order valence-corrected chi connectivity index (χ4v) is 5.21. The Morgan fingerprint density at radius 2 is 1.89 bits per heavy atom. The van der Waals surface area contributed by atoms with Crippen LogP contribution in [0.15, 0.2) is 27.6 Å². The smallest absolute Gasteiger partial charge is 0.364 e. The van der Waals surface area contributed by atoms with Crippen LogP contribution in [0.2, 0.25) is 0 Å². The van der Waals surface area contributed by atoms with Crippen molar-refractivity contribution in [2.75, 3.05) is 0 Å². The summed E-state index contributed by atoms with van der Waals surface area (Å²) in [6, 6.07) is 1.91. The van der Waals surface area contributed by atoms with Crippen molar-refractivity contribution in [3.8, 4) is 11.4 Å². The van der Waals surface area contributed by atoms with Crippen molar-refractivity contribution in [2.24, 2.45) is 5.73 Å². The summed E-state index contributed by atoms with van der Waals surface area (Å²) in [5.41, 5.74) is 2.10. The summed E-state index contributed by atoms with van der Waals surface area (Å²) < 4.78 is 70.6. The molecule has 3 N–H and O–H groups in total. The zero-order chi connectivity index (χ0) is 25.9. The monoisotopic (exact) mass is 561 g/mol. The molecule has 1 saturated carbocycles. The third-order valence-corrected chi connectivity index (χ3v) is 7.17. The van der Waals surface area contributed by atoms with Gasteiger partial charge in [0.15, 0.2) is 5.43 Å². The number of carbonyl (C=O) groups is 1. The van der Waals surface area contributed by atoms with Gasteiger partial charge in [0.25, 0.3) is 5.91 Å². The number of H-pyrrole nitrogens is 1. The molecule has 0 radical (unpaired) electrons. The average molecular weight is 562 g/mol. The predicted octanol–water partition coefficient (Wildman–Crippen LogP) is 5.24. The number of hydrogen-bond acceptors (Lipinski definition) is 4. The normalized spacial score (nSPS) is 17.1. The predicted molar refractivity (Wildman–Crippen MR) is 121 cm³/mol. The van der Waals surface area contributed by atoms with Crippen LogP contribution in [0.1, 0.15) is 61.8 Å². The molecule has 3 aromatic heterocycles. The van der Waals surface area contributed by atoms with Gasteiger partial charge in [0.2, 0.25) is 5.92 Å². The number of primary amides is 1. The third kappa shape index (κ3) is 4.34. The van der Waals surface area contributed by atoms with Crippen LogP contribution in [0.25, 0.3) is 22.3 Å². The number of nitrogens with two attached hydrogens (primary N) is 1. The minimum absolute atomic E-state index is 0.00639. The van der Waals surface area contributed by atoms with Gasteiger partial charge >= 0.3 is 6.18 Å². The van der Waals surface area contributed by atoms with Gasteiger partial charge in [0.05, 0.1) is 38.5 Å². The van der Waals surface area contributed by atoms with Gasteiger partial charge in [-0.25, -0.2) is 8.78 Å². The van der Waals surface area contributed by atoms with Gasteiger partial charge in [-0.3, -0.25) is 19.3 Å². The van der Waals surface area contributed by atoms with Crippen LogP contribution in [0.4, 0.5) is 22.0 Å². The van der Waals surface area contributed by atoms with E-state index in [0.717, 1.165) is 19.9 Å². The molecule has 0 aromatic carbocycles. The highest BCUT2D eigenvalue weighted by Crippen LogP contribution is 2.47. The summed E-state index contributed by atoms with van der Waals surface area (Å²) in [5, 5.41) is 4.18. The molecule has 0 aliphatic heterocycles. The number of fused-ring (bicyclic) bond motifs is 1. The molecule has 4 rings (SSSR count). The molecule has 0 spiro atoms. The summed E-state index contributed by atoms with van der Waals surface area (Å²) in [4.78, 5) is 31.5. The fourth-order valence-electron chi connectivity index (χ4n) is 4.24. The van der Waals surface area contributed by atoms with E-state index in [1.54, 1.807) is 0 Å². The zero-order valence-electron chi connectivity index (χ0n) is 18.6. The molecular formula is C22H21BrF5N5O2. The number of aromatic amines is 1. The van der Waals surface area contributed by atoms with E-state index >= 15 is 0 Å². The van der Waals surface area contributed by atoms with E-state index in [-0.39, 0.29) is 51.0 Å². The molecule has 0 atom stereocenters. The van der Waals surface area contributed by atoms with Gasteiger partial charge < -0.3 is 10.7 Å². The second kappa shape index (κ2) is 8.38. The van der Waals surface area contributed by atoms with E-state index in [4.69, 9.17) is 5.73 Å². The first-order valence-electron chi connectivity index (χ1n) is 10.7. The van der Waals surface area contributed by atoms with E-state index in [1.807, 2.05) is 0 Å². The highest BCUT2D eigenvalue weighted by molar-refractivity contribution is 9.10. The quantitative estimate of drug-likeness (QED) is 0.425. The molecule has 35 heavy (non-hydrogen) atoms. The maximum Gasteiger partial charge on any atom is 0.399 e. The Morgan fingerprint density at radius 1 is 1.26 bits per heavy atom. The summed E-state index contributed by atoms with van der Waals surface area (Å²) in [6.45, 7) is 1.94. The molecular weight excluding hydrogens is 541 g/mol. The van der Waals surface area contributed by atoms with Gasteiger partial charge in [0, 0.05) is 25.1 Å². The first-order valence-corrected chi connectivity index (χ1v) is 11.5. The summed E-state index contributed by atoms with van der Waals surface area (Å²) in [5.74, 6) is -3.78. The largest absolute Gasteiger partial charge is 0.399 e. The highest BCUT2D eigenvalue weighted by Gasteiger charge is 2.52. The zero-order valence-corrected chi connectivity index (χ0v) is 20.2. The molecule has 1 fully saturated rings. The minimum Gasteiger partial charge on any atom is -0.364 e. The van der Waals surface area contributed by atoms with Gasteiger partial charge in [-0.2, -0.15) is 18.3 Å². The molecule has 13 heteroatoms. The van der Waals surface area contributed by atoms with Crippen LogP contribution in [-0.4, -0.2) is 37.8 Å². The lowest BCUT2D eigenvalue weighted by molar-refractivity contribution is -0.181. The van der Waals surface area contributed by atoms with Crippen molar-refractivity contribution in [1.29, 1.82) is 0 Å². The number of alkyl halides is 5. The van der Waals surface area contributed by atoms with Gasteiger partial charge in [-0.05, 0) is 48.7 Å². The van der Waals surface area contributed by atoms with Gasteiger partial charge in [-0.15, -0.1) is 0 Å². The number of halogens is 6. The highest BCUT2D eigenvalue weighted by atomic mass is 79.9.